The molecule has 0 bridgehead atoms. The maximum atomic E-state index is 14.2. The minimum atomic E-state index is -6.05. The summed E-state index contributed by atoms with van der Waals surface area (Å²) in [6, 6.07) is 26.2. The van der Waals surface area contributed by atoms with Crippen LogP contribution in [-0.2, 0) is 24.6 Å². The molecule has 1 amide bonds. The number of benzene rings is 4. The van der Waals surface area contributed by atoms with E-state index in [4.69, 9.17) is 16.3 Å². The zero-order valence-electron chi connectivity index (χ0n) is 36.9. The third-order valence-electron chi connectivity index (χ3n) is 13.1. The largest absolute Gasteiger partial charge is 0.501 e. The summed E-state index contributed by atoms with van der Waals surface area (Å²) >= 11 is 7.67. The molecule has 3 fully saturated rings. The van der Waals surface area contributed by atoms with Crippen molar-refractivity contribution < 1.29 is 39.5 Å². The first-order valence-corrected chi connectivity index (χ1v) is 26.5. The lowest BCUT2D eigenvalue weighted by atomic mass is 9.71. The van der Waals surface area contributed by atoms with Gasteiger partial charge in [-0.25, -0.2) is 21.6 Å². The molecule has 0 aromatic heterocycles. The summed E-state index contributed by atoms with van der Waals surface area (Å²) in [5.74, 6) is -0.645. The van der Waals surface area contributed by atoms with Crippen molar-refractivity contribution in [2.45, 2.75) is 71.8 Å². The number of rotatable bonds is 15. The van der Waals surface area contributed by atoms with Crippen molar-refractivity contribution in [3.05, 3.63) is 119 Å². The standard InChI is InChI=1S/C48H55ClF3N5O6S3/c1-46(2)20-18-43(41(29-46)34-8-12-36(49)13-9-34)57-32-47(33-57)21-23-56(31-47)38-14-10-35(11-15-38)45(58)54-66(61,62)40-16-17-42(44(28-40)65(59,60)48(50,51)52)53-37(19-22-55-24-26-63-27-25-55)30-64-39-6-4-3-5-7-39/h3-17,28-29,37,43,53H,18-27,30-33H2,1-2H3,(H,54,58)/t37-,43?/m1/s1. The summed E-state index contributed by atoms with van der Waals surface area (Å²) in [6.07, 6.45) is 6.04. The van der Waals surface area contributed by atoms with E-state index in [0.29, 0.717) is 62.2 Å². The van der Waals surface area contributed by atoms with E-state index in [9.17, 15) is 34.8 Å². The van der Waals surface area contributed by atoms with Crippen molar-refractivity contribution in [2.24, 2.45) is 10.8 Å². The zero-order chi connectivity index (χ0) is 46.9. The van der Waals surface area contributed by atoms with Gasteiger partial charge in [-0.2, -0.15) is 13.2 Å². The molecule has 4 aliphatic rings. The van der Waals surface area contributed by atoms with E-state index in [1.54, 1.807) is 12.1 Å². The lowest BCUT2D eigenvalue weighted by Crippen LogP contribution is -2.61. The number of nitrogens with one attached hydrogen (secondary N) is 2. The second-order valence-corrected chi connectivity index (χ2v) is 23.6. The third kappa shape index (κ3) is 11.1. The number of hydrogen-bond acceptors (Lipinski definition) is 11. The van der Waals surface area contributed by atoms with Crippen LogP contribution >= 0.6 is 23.4 Å². The lowest BCUT2D eigenvalue weighted by molar-refractivity contribution is -0.0435. The highest BCUT2D eigenvalue weighted by molar-refractivity contribution is 7.99. The maximum Gasteiger partial charge on any atom is 0.501 e. The highest BCUT2D eigenvalue weighted by Crippen LogP contribution is 2.48. The Balaban J connectivity index is 0.931. The monoisotopic (exact) mass is 985 g/mol. The van der Waals surface area contributed by atoms with E-state index in [0.717, 1.165) is 68.2 Å². The number of anilines is 2. The van der Waals surface area contributed by atoms with Gasteiger partial charge in [0.15, 0.2) is 0 Å². The molecule has 66 heavy (non-hydrogen) atoms. The van der Waals surface area contributed by atoms with Crippen LogP contribution in [0.3, 0.4) is 0 Å². The molecule has 2 N–H and O–H groups in total. The smallest absolute Gasteiger partial charge is 0.380 e. The van der Waals surface area contributed by atoms with Crippen molar-refractivity contribution in [1.29, 1.82) is 0 Å². The van der Waals surface area contributed by atoms with Crippen LogP contribution in [0.4, 0.5) is 24.5 Å². The summed E-state index contributed by atoms with van der Waals surface area (Å²) in [7, 11) is -10.9. The van der Waals surface area contributed by atoms with Crippen LogP contribution in [0.15, 0.2) is 118 Å². The minimum absolute atomic E-state index is 0.00763. The maximum absolute atomic E-state index is 14.2. The Kier molecular flexibility index (Phi) is 14.3. The molecule has 0 saturated carbocycles. The van der Waals surface area contributed by atoms with E-state index < -0.39 is 52.8 Å². The van der Waals surface area contributed by atoms with Gasteiger partial charge in [0, 0.05) is 90.2 Å². The summed E-state index contributed by atoms with van der Waals surface area (Å²) in [4.78, 5) is 19.2. The number of morpholine rings is 1. The first-order valence-electron chi connectivity index (χ1n) is 22.1. The number of hydrogen-bond donors (Lipinski definition) is 2. The number of carbonyl (C=O) groups is 1. The van der Waals surface area contributed by atoms with Crippen LogP contribution in [0.25, 0.3) is 5.57 Å². The molecule has 8 rings (SSSR count). The van der Waals surface area contributed by atoms with Crippen molar-refractivity contribution in [3.8, 4) is 0 Å². The number of amides is 1. The van der Waals surface area contributed by atoms with Crippen molar-refractivity contribution in [3.63, 3.8) is 0 Å². The molecule has 1 spiro atoms. The average molecular weight is 987 g/mol. The molecular formula is C48H55ClF3N5O6S3. The van der Waals surface area contributed by atoms with Gasteiger partial charge in [-0.05, 0) is 109 Å². The number of sulfone groups is 1. The van der Waals surface area contributed by atoms with Crippen LogP contribution in [0.1, 0.15) is 55.5 Å². The molecule has 3 heterocycles. The number of ether oxygens (including phenoxy) is 1. The molecule has 1 unspecified atom stereocenters. The SMILES string of the molecule is CC1(C)C=C(c2ccc(Cl)cc2)C(N2CC3(CCN(c4ccc(C(=O)NS(=O)(=O)c5ccc(N[C@H](CCN6CCOCC6)CSc6ccccc6)c(S(=O)(=O)C(F)(F)F)c5)cc4)C3)C2)CC1. The van der Waals surface area contributed by atoms with Gasteiger partial charge in [0.1, 0.15) is 4.90 Å². The number of thioether (sulfide) groups is 1. The Morgan fingerprint density at radius 2 is 1.59 bits per heavy atom. The van der Waals surface area contributed by atoms with Crippen LogP contribution in [0, 0.1) is 10.8 Å². The van der Waals surface area contributed by atoms with Crippen LogP contribution in [0.2, 0.25) is 5.02 Å². The molecule has 18 heteroatoms. The Morgan fingerprint density at radius 1 is 0.894 bits per heavy atom. The van der Waals surface area contributed by atoms with Crippen LogP contribution in [-0.4, -0.2) is 115 Å². The van der Waals surface area contributed by atoms with E-state index in [1.165, 1.54) is 35.0 Å². The van der Waals surface area contributed by atoms with Gasteiger partial charge in [-0.15, -0.1) is 11.8 Å². The molecular weight excluding hydrogens is 931 g/mol. The van der Waals surface area contributed by atoms with Gasteiger partial charge in [0.05, 0.1) is 23.8 Å². The molecule has 11 nitrogen and oxygen atoms in total. The normalized spacial score (nSPS) is 20.7. The number of sulfonamides is 1. The number of alkyl halides is 3. The topological polar surface area (TPSA) is 128 Å². The Hall–Kier alpha value is -4.10. The molecule has 354 valence electrons. The van der Waals surface area contributed by atoms with Crippen molar-refractivity contribution >= 4 is 66.1 Å². The van der Waals surface area contributed by atoms with E-state index in [2.05, 4.69) is 52.1 Å². The molecule has 2 atom stereocenters. The van der Waals surface area contributed by atoms with Gasteiger partial charge in [0.25, 0.3) is 25.8 Å². The van der Waals surface area contributed by atoms with Gasteiger partial charge in [-0.3, -0.25) is 14.6 Å². The molecule has 0 radical (unpaired) electrons. The first-order chi connectivity index (χ1) is 31.3. The highest BCUT2D eigenvalue weighted by Gasteiger charge is 2.51. The van der Waals surface area contributed by atoms with Gasteiger partial charge >= 0.3 is 5.51 Å². The molecule has 4 aromatic rings. The van der Waals surface area contributed by atoms with Gasteiger partial charge in [-0.1, -0.05) is 61.9 Å². The zero-order valence-corrected chi connectivity index (χ0v) is 40.1. The molecule has 3 saturated heterocycles. The Morgan fingerprint density at radius 3 is 2.27 bits per heavy atom. The van der Waals surface area contributed by atoms with Gasteiger partial charge < -0.3 is 15.0 Å². The highest BCUT2D eigenvalue weighted by atomic mass is 35.5. The number of carbonyl (C=O) groups excluding carboxylic acids is 1. The van der Waals surface area contributed by atoms with E-state index in [1.807, 2.05) is 47.2 Å². The number of likely N-dealkylation sites (tertiary alicyclic amines) is 1. The third-order valence-corrected chi connectivity index (χ3v) is 17.4. The summed E-state index contributed by atoms with van der Waals surface area (Å²) in [5, 5.41) is 3.71. The minimum Gasteiger partial charge on any atom is -0.380 e. The van der Waals surface area contributed by atoms with E-state index >= 15 is 0 Å². The number of halogens is 4. The molecule has 1 aliphatic carbocycles. The predicted molar refractivity (Wildman–Crippen MR) is 254 cm³/mol. The van der Waals surface area contributed by atoms with Crippen LogP contribution in [0.5, 0.6) is 0 Å². The fraction of sp³-hybridized carbons (Fsp3) is 0.438. The second-order valence-electron chi connectivity index (χ2n) is 18.5. The van der Waals surface area contributed by atoms with Crippen molar-refractivity contribution in [2.75, 3.05) is 75.0 Å². The van der Waals surface area contributed by atoms with Crippen LogP contribution < -0.4 is 14.9 Å². The number of allylic oxidation sites excluding steroid dienone is 1. The predicted octanol–water partition coefficient (Wildman–Crippen LogP) is 8.83. The van der Waals surface area contributed by atoms with Crippen molar-refractivity contribution in [1.82, 2.24) is 14.5 Å². The van der Waals surface area contributed by atoms with Gasteiger partial charge in [0.2, 0.25) is 0 Å². The number of nitrogens with zero attached hydrogens (tertiary/aromatic N) is 3. The fourth-order valence-electron chi connectivity index (χ4n) is 9.49. The summed E-state index contributed by atoms with van der Waals surface area (Å²) < 4.78 is 103. The average Bonchev–Trinajstić information content (AvgIpc) is 3.73. The Labute approximate surface area is 395 Å². The molecule has 3 aliphatic heterocycles. The fourth-order valence-corrected chi connectivity index (χ4v) is 12.6. The summed E-state index contributed by atoms with van der Waals surface area (Å²) in [5.41, 5.74) is -2.49. The second kappa shape index (κ2) is 19.5. The Bertz CT molecular complexity index is 2620. The lowest BCUT2D eigenvalue weighted by Gasteiger charge is -2.53. The quantitative estimate of drug-likeness (QED) is 0.111. The first kappa shape index (κ1) is 48.4. The summed E-state index contributed by atoms with van der Waals surface area (Å²) in [6.45, 7) is 11.2. The van der Waals surface area contributed by atoms with E-state index in [-0.39, 0.29) is 16.4 Å². The molecule has 4 aromatic carbocycles.